The molecule has 1 aromatic rings. The van der Waals surface area contributed by atoms with Crippen LogP contribution in [-0.2, 0) is 11.8 Å². The summed E-state index contributed by atoms with van der Waals surface area (Å²) in [6.45, 7) is 0. The number of nitrogens with zero attached hydrogens (tertiary/aromatic N) is 2. The third kappa shape index (κ3) is 2.66. The monoisotopic (exact) mass is 209 g/mol. The molecule has 0 unspecified atom stereocenters. The molecule has 0 fully saturated rings. The number of alkyl halides is 3. The molecule has 0 saturated carbocycles. The van der Waals surface area contributed by atoms with Crippen LogP contribution in [0.25, 0.3) is 0 Å². The van der Waals surface area contributed by atoms with E-state index in [-0.39, 0.29) is 5.82 Å². The number of carbonyl (C=O) groups excluding carboxylic acids is 1. The zero-order valence-corrected chi connectivity index (χ0v) is 7.35. The fourth-order valence-electron chi connectivity index (χ4n) is 0.669. The van der Waals surface area contributed by atoms with Crippen LogP contribution in [0.1, 0.15) is 0 Å². The summed E-state index contributed by atoms with van der Waals surface area (Å²) in [5, 5.41) is 1.60. The Morgan fingerprint density at radius 3 is 2.77 bits per heavy atom. The minimum Gasteiger partial charge on any atom is -0.303 e. The molecule has 0 bridgehead atoms. The molecular formula is C6H6ClF2N3O. The second kappa shape index (κ2) is 3.29. The van der Waals surface area contributed by atoms with Gasteiger partial charge in [0.1, 0.15) is 0 Å². The van der Waals surface area contributed by atoms with E-state index >= 15 is 0 Å². The van der Waals surface area contributed by atoms with E-state index < -0.39 is 11.3 Å². The van der Waals surface area contributed by atoms with Gasteiger partial charge in [-0.2, -0.15) is 13.9 Å². The van der Waals surface area contributed by atoms with Crippen molar-refractivity contribution in [3.05, 3.63) is 12.3 Å². The van der Waals surface area contributed by atoms with E-state index in [0.717, 1.165) is 0 Å². The summed E-state index contributed by atoms with van der Waals surface area (Å²) in [5.74, 6) is -1.55. The Labute approximate surface area is 77.5 Å². The molecule has 7 heteroatoms. The SMILES string of the molecule is Cn1ccc(NC(=O)C(F)(F)Cl)n1. The molecule has 0 aliphatic rings. The van der Waals surface area contributed by atoms with E-state index in [1.54, 1.807) is 7.05 Å². The number of aromatic nitrogens is 2. The van der Waals surface area contributed by atoms with Crippen LogP contribution in [0.4, 0.5) is 14.6 Å². The summed E-state index contributed by atoms with van der Waals surface area (Å²) in [6, 6.07) is 1.38. The van der Waals surface area contributed by atoms with Gasteiger partial charge in [0, 0.05) is 19.3 Å². The molecular weight excluding hydrogens is 204 g/mol. The maximum absolute atomic E-state index is 12.1. The number of aryl methyl sites for hydroxylation is 1. The van der Waals surface area contributed by atoms with Crippen LogP contribution in [0.3, 0.4) is 0 Å². The zero-order valence-electron chi connectivity index (χ0n) is 6.59. The van der Waals surface area contributed by atoms with Crippen molar-refractivity contribution >= 4 is 23.3 Å². The summed E-state index contributed by atoms with van der Waals surface area (Å²) < 4.78 is 25.6. The molecule has 4 nitrogen and oxygen atoms in total. The van der Waals surface area contributed by atoms with Gasteiger partial charge in [-0.1, -0.05) is 0 Å². The summed E-state index contributed by atoms with van der Waals surface area (Å²) in [7, 11) is 1.59. The minimum absolute atomic E-state index is 0.0350. The lowest BCUT2D eigenvalue weighted by molar-refractivity contribution is -0.130. The van der Waals surface area contributed by atoms with E-state index in [1.165, 1.54) is 16.9 Å². The molecule has 0 aliphatic heterocycles. The first-order valence-electron chi connectivity index (χ1n) is 3.27. The number of nitrogens with one attached hydrogen (secondary N) is 1. The summed E-state index contributed by atoms with van der Waals surface area (Å²) in [5.41, 5.74) is 0. The number of halogens is 3. The molecule has 0 radical (unpaired) electrons. The number of amides is 1. The van der Waals surface area contributed by atoms with Crippen molar-refractivity contribution in [3.8, 4) is 0 Å². The summed E-state index contributed by atoms with van der Waals surface area (Å²) >= 11 is 4.46. The maximum atomic E-state index is 12.1. The van der Waals surface area contributed by atoms with Gasteiger partial charge in [-0.25, -0.2) is 0 Å². The van der Waals surface area contributed by atoms with Crippen LogP contribution in [0, 0.1) is 0 Å². The third-order valence-corrected chi connectivity index (χ3v) is 1.38. The first kappa shape index (κ1) is 9.91. The highest BCUT2D eigenvalue weighted by molar-refractivity contribution is 6.33. The fraction of sp³-hybridized carbons (Fsp3) is 0.333. The number of rotatable bonds is 2. The molecule has 0 atom stereocenters. The Hall–Kier alpha value is -1.17. The van der Waals surface area contributed by atoms with Crippen LogP contribution in [-0.4, -0.2) is 21.1 Å². The third-order valence-electron chi connectivity index (χ3n) is 1.21. The predicted octanol–water partition coefficient (Wildman–Crippen LogP) is 1.19. The summed E-state index contributed by atoms with van der Waals surface area (Å²) in [4.78, 5) is 10.6. The normalized spacial score (nSPS) is 11.4. The van der Waals surface area contributed by atoms with E-state index in [0.29, 0.717) is 0 Å². The number of anilines is 1. The van der Waals surface area contributed by atoms with E-state index in [2.05, 4.69) is 16.7 Å². The van der Waals surface area contributed by atoms with Crippen molar-refractivity contribution in [3.63, 3.8) is 0 Å². The van der Waals surface area contributed by atoms with E-state index in [4.69, 9.17) is 0 Å². The minimum atomic E-state index is -3.91. The lowest BCUT2D eigenvalue weighted by Crippen LogP contribution is -2.29. The standard InChI is InChI=1S/C6H6ClF2N3O/c1-12-3-2-4(11-12)10-5(13)6(7,8)9/h2-3H,1H3,(H,10,11,13). The molecule has 1 aromatic heterocycles. The van der Waals surface area contributed by atoms with Crippen molar-refractivity contribution < 1.29 is 13.6 Å². The van der Waals surface area contributed by atoms with Gasteiger partial charge in [0.05, 0.1) is 0 Å². The van der Waals surface area contributed by atoms with Gasteiger partial charge in [0.15, 0.2) is 5.82 Å². The lowest BCUT2D eigenvalue weighted by atomic mass is 10.5. The summed E-state index contributed by atoms with van der Waals surface area (Å²) in [6.07, 6.45) is 1.50. The van der Waals surface area contributed by atoms with Gasteiger partial charge in [0.2, 0.25) is 0 Å². The molecule has 1 amide bonds. The Balaban J connectivity index is 2.65. The highest BCUT2D eigenvalue weighted by atomic mass is 35.5. The van der Waals surface area contributed by atoms with Gasteiger partial charge in [-0.3, -0.25) is 9.48 Å². The highest BCUT2D eigenvalue weighted by Gasteiger charge is 2.36. The molecule has 0 spiro atoms. The number of carbonyl (C=O) groups is 1. The van der Waals surface area contributed by atoms with Gasteiger partial charge in [-0.15, -0.1) is 0 Å². The molecule has 0 saturated heterocycles. The molecule has 0 aliphatic carbocycles. The maximum Gasteiger partial charge on any atom is 0.400 e. The van der Waals surface area contributed by atoms with E-state index in [9.17, 15) is 13.6 Å². The highest BCUT2D eigenvalue weighted by Crippen LogP contribution is 2.20. The molecule has 0 aromatic carbocycles. The second-order valence-electron chi connectivity index (χ2n) is 2.33. The van der Waals surface area contributed by atoms with Crippen molar-refractivity contribution in [2.75, 3.05) is 5.32 Å². The molecule has 1 N–H and O–H groups in total. The molecule has 1 rings (SSSR count). The topological polar surface area (TPSA) is 46.9 Å². The molecule has 72 valence electrons. The predicted molar refractivity (Wildman–Crippen MR) is 42.6 cm³/mol. The molecule has 13 heavy (non-hydrogen) atoms. The average molecular weight is 210 g/mol. The fourth-order valence-corrected chi connectivity index (χ4v) is 0.716. The molecule has 1 heterocycles. The quantitative estimate of drug-likeness (QED) is 0.744. The van der Waals surface area contributed by atoms with Gasteiger partial charge in [-0.05, 0) is 11.6 Å². The van der Waals surface area contributed by atoms with Crippen molar-refractivity contribution in [2.24, 2.45) is 7.05 Å². The Bertz CT molecular complexity index is 320. The van der Waals surface area contributed by atoms with Gasteiger partial charge in [0.25, 0.3) is 0 Å². The first-order chi connectivity index (χ1) is 5.89. The van der Waals surface area contributed by atoms with Gasteiger partial charge < -0.3 is 5.32 Å². The Morgan fingerprint density at radius 1 is 1.77 bits per heavy atom. The van der Waals surface area contributed by atoms with Crippen LogP contribution in [0.15, 0.2) is 12.3 Å². The Morgan fingerprint density at radius 2 is 2.38 bits per heavy atom. The van der Waals surface area contributed by atoms with Crippen molar-refractivity contribution in [1.82, 2.24) is 9.78 Å². The smallest absolute Gasteiger partial charge is 0.303 e. The number of hydrogen-bond donors (Lipinski definition) is 1. The second-order valence-corrected chi connectivity index (χ2v) is 2.80. The van der Waals surface area contributed by atoms with E-state index in [1.807, 2.05) is 5.32 Å². The first-order valence-corrected chi connectivity index (χ1v) is 3.65. The van der Waals surface area contributed by atoms with Crippen molar-refractivity contribution in [2.45, 2.75) is 5.38 Å². The van der Waals surface area contributed by atoms with Crippen LogP contribution >= 0.6 is 11.6 Å². The van der Waals surface area contributed by atoms with Gasteiger partial charge >= 0.3 is 11.3 Å². The number of hydrogen-bond acceptors (Lipinski definition) is 2. The average Bonchev–Trinajstić information content (AvgIpc) is 2.33. The zero-order chi connectivity index (χ0) is 10.1. The van der Waals surface area contributed by atoms with Crippen LogP contribution in [0.5, 0.6) is 0 Å². The van der Waals surface area contributed by atoms with Crippen LogP contribution < -0.4 is 5.32 Å². The lowest BCUT2D eigenvalue weighted by Gasteiger charge is -2.05. The van der Waals surface area contributed by atoms with Crippen LogP contribution in [0.2, 0.25) is 0 Å². The Kier molecular flexibility index (Phi) is 2.51. The largest absolute Gasteiger partial charge is 0.400 e. The van der Waals surface area contributed by atoms with Crippen molar-refractivity contribution in [1.29, 1.82) is 0 Å².